The van der Waals surface area contributed by atoms with Crippen molar-refractivity contribution in [3.63, 3.8) is 0 Å². The highest BCUT2D eigenvalue weighted by molar-refractivity contribution is 6.02. The molecule has 2 heterocycles. The minimum atomic E-state index is -0.164. The molecule has 1 aromatic carbocycles. The number of benzene rings is 1. The second kappa shape index (κ2) is 5.86. The van der Waals surface area contributed by atoms with E-state index in [-0.39, 0.29) is 18.3 Å². The number of halogens is 1. The summed E-state index contributed by atoms with van der Waals surface area (Å²) in [6.07, 6.45) is 0. The van der Waals surface area contributed by atoms with Gasteiger partial charge in [-0.1, -0.05) is 18.2 Å². The largest absolute Gasteiger partial charge is 0.321 e. The third-order valence-electron chi connectivity index (χ3n) is 2.93. The van der Waals surface area contributed by atoms with E-state index in [1.165, 1.54) is 0 Å². The molecule has 0 unspecified atom stereocenters. The van der Waals surface area contributed by atoms with Crippen LogP contribution in [0.2, 0.25) is 0 Å². The number of carbonyl (C=O) groups is 1. The monoisotopic (exact) mass is 278 g/mol. The first-order valence-electron chi connectivity index (χ1n) is 5.97. The van der Waals surface area contributed by atoms with Gasteiger partial charge in [-0.05, 0) is 18.2 Å². The topological polar surface area (TPSA) is 59.0 Å². The van der Waals surface area contributed by atoms with Gasteiger partial charge in [0.05, 0.1) is 12.2 Å². The summed E-state index contributed by atoms with van der Waals surface area (Å²) in [5.41, 5.74) is 2.31. The Morgan fingerprint density at radius 3 is 2.84 bits per heavy atom. The van der Waals surface area contributed by atoms with E-state index >= 15 is 0 Å². The zero-order chi connectivity index (χ0) is 12.4. The van der Waals surface area contributed by atoms with Gasteiger partial charge in [0, 0.05) is 18.8 Å². The van der Waals surface area contributed by atoms with Crippen molar-refractivity contribution in [2.45, 2.75) is 13.1 Å². The van der Waals surface area contributed by atoms with Gasteiger partial charge in [0.15, 0.2) is 5.69 Å². The molecule has 0 atom stereocenters. The molecule has 0 saturated carbocycles. The van der Waals surface area contributed by atoms with Gasteiger partial charge in [-0.15, -0.1) is 12.4 Å². The van der Waals surface area contributed by atoms with Gasteiger partial charge < -0.3 is 10.6 Å². The molecule has 100 valence electrons. The lowest BCUT2D eigenvalue weighted by Gasteiger charge is -2.13. The smallest absolute Gasteiger partial charge is 0.276 e. The number of nitrogens with zero attached hydrogens (tertiary/aromatic N) is 2. The van der Waals surface area contributed by atoms with Crippen LogP contribution in [0.1, 0.15) is 16.2 Å². The second-order valence-electron chi connectivity index (χ2n) is 4.24. The van der Waals surface area contributed by atoms with Crippen LogP contribution in [-0.2, 0) is 13.1 Å². The fraction of sp³-hybridized carbons (Fsp3) is 0.231. The summed E-state index contributed by atoms with van der Waals surface area (Å²) in [6, 6.07) is 11.2. The van der Waals surface area contributed by atoms with E-state index < -0.39 is 0 Å². The van der Waals surface area contributed by atoms with E-state index in [9.17, 15) is 4.79 Å². The standard InChI is InChI=1S/C13H14N4O.ClH/c18-13(15-10-4-2-1-3-5-10)12-8-11-9-14-6-7-17(11)16-12;/h1-5,8,14H,6-7,9H2,(H,15,18);1H. The maximum absolute atomic E-state index is 12.0. The van der Waals surface area contributed by atoms with Gasteiger partial charge in [0.1, 0.15) is 0 Å². The van der Waals surface area contributed by atoms with Crippen LogP contribution in [0.5, 0.6) is 0 Å². The minimum absolute atomic E-state index is 0. The van der Waals surface area contributed by atoms with E-state index in [0.717, 1.165) is 31.0 Å². The molecule has 5 nitrogen and oxygen atoms in total. The third kappa shape index (κ3) is 2.94. The first-order valence-corrected chi connectivity index (χ1v) is 5.97. The van der Waals surface area contributed by atoms with Crippen molar-refractivity contribution in [1.82, 2.24) is 15.1 Å². The van der Waals surface area contributed by atoms with Crippen LogP contribution >= 0.6 is 12.4 Å². The lowest BCUT2D eigenvalue weighted by Crippen LogP contribution is -2.28. The fourth-order valence-electron chi connectivity index (χ4n) is 2.02. The molecule has 0 spiro atoms. The number of aromatic nitrogens is 2. The van der Waals surface area contributed by atoms with Gasteiger partial charge in [-0.25, -0.2) is 0 Å². The average Bonchev–Trinajstić information content (AvgIpc) is 2.84. The third-order valence-corrected chi connectivity index (χ3v) is 2.93. The Kier molecular flexibility index (Phi) is 4.19. The van der Waals surface area contributed by atoms with Crippen LogP contribution in [0.4, 0.5) is 5.69 Å². The van der Waals surface area contributed by atoms with Gasteiger partial charge in [0.25, 0.3) is 5.91 Å². The Bertz CT molecular complexity index is 544. The van der Waals surface area contributed by atoms with Crippen LogP contribution in [0.25, 0.3) is 0 Å². The Labute approximate surface area is 117 Å². The highest BCUT2D eigenvalue weighted by Gasteiger charge is 2.16. The van der Waals surface area contributed by atoms with E-state index in [1.807, 2.05) is 41.1 Å². The predicted octanol–water partition coefficient (Wildman–Crippen LogP) is 1.66. The first-order chi connectivity index (χ1) is 8.83. The molecule has 0 bridgehead atoms. The van der Waals surface area contributed by atoms with E-state index in [0.29, 0.717) is 5.69 Å². The molecule has 2 aromatic rings. The van der Waals surface area contributed by atoms with Gasteiger partial charge in [-0.3, -0.25) is 9.48 Å². The van der Waals surface area contributed by atoms with Gasteiger partial charge in [0.2, 0.25) is 0 Å². The number of para-hydroxylation sites is 1. The molecule has 1 aliphatic rings. The lowest BCUT2D eigenvalue weighted by atomic mass is 10.3. The van der Waals surface area contributed by atoms with Crippen molar-refractivity contribution in [3.8, 4) is 0 Å². The van der Waals surface area contributed by atoms with E-state index in [4.69, 9.17) is 0 Å². The molecule has 0 saturated heterocycles. The highest BCUT2D eigenvalue weighted by atomic mass is 35.5. The molecule has 1 aliphatic heterocycles. The van der Waals surface area contributed by atoms with Crippen molar-refractivity contribution < 1.29 is 4.79 Å². The lowest BCUT2D eigenvalue weighted by molar-refractivity contribution is 0.102. The molecule has 6 heteroatoms. The minimum Gasteiger partial charge on any atom is -0.321 e. The second-order valence-corrected chi connectivity index (χ2v) is 4.24. The molecule has 0 radical (unpaired) electrons. The first kappa shape index (κ1) is 13.6. The summed E-state index contributed by atoms with van der Waals surface area (Å²) in [5, 5.41) is 10.4. The summed E-state index contributed by atoms with van der Waals surface area (Å²) in [5.74, 6) is -0.164. The molecule has 1 aromatic heterocycles. The van der Waals surface area contributed by atoms with Crippen LogP contribution in [0, 0.1) is 0 Å². The number of rotatable bonds is 2. The zero-order valence-electron chi connectivity index (χ0n) is 10.3. The SMILES string of the molecule is Cl.O=C(Nc1ccccc1)c1cc2n(n1)CCNC2. The molecule has 2 N–H and O–H groups in total. The summed E-state index contributed by atoms with van der Waals surface area (Å²) in [4.78, 5) is 12.0. The van der Waals surface area contributed by atoms with Crippen molar-refractivity contribution in [1.29, 1.82) is 0 Å². The quantitative estimate of drug-likeness (QED) is 0.878. The molecule has 0 aliphatic carbocycles. The Hall–Kier alpha value is -1.85. The highest BCUT2D eigenvalue weighted by Crippen LogP contribution is 2.11. The van der Waals surface area contributed by atoms with Gasteiger partial charge >= 0.3 is 0 Å². The number of hydrogen-bond acceptors (Lipinski definition) is 3. The molecule has 19 heavy (non-hydrogen) atoms. The fourth-order valence-corrected chi connectivity index (χ4v) is 2.02. The number of hydrogen-bond donors (Lipinski definition) is 2. The number of nitrogens with one attached hydrogen (secondary N) is 2. The average molecular weight is 279 g/mol. The van der Waals surface area contributed by atoms with Crippen LogP contribution in [0.3, 0.4) is 0 Å². The summed E-state index contributed by atoms with van der Waals surface area (Å²) < 4.78 is 1.89. The number of carbonyl (C=O) groups excluding carboxylic acids is 1. The van der Waals surface area contributed by atoms with E-state index in [1.54, 1.807) is 0 Å². The Balaban J connectivity index is 0.00000133. The number of fused-ring (bicyclic) bond motifs is 1. The molecular weight excluding hydrogens is 264 g/mol. The number of anilines is 1. The zero-order valence-corrected chi connectivity index (χ0v) is 11.1. The van der Waals surface area contributed by atoms with Crippen molar-refractivity contribution in [2.24, 2.45) is 0 Å². The summed E-state index contributed by atoms with van der Waals surface area (Å²) >= 11 is 0. The molecular formula is C13H15ClN4O. The van der Waals surface area contributed by atoms with Crippen LogP contribution in [0.15, 0.2) is 36.4 Å². The van der Waals surface area contributed by atoms with Crippen molar-refractivity contribution >= 4 is 24.0 Å². The Morgan fingerprint density at radius 2 is 2.11 bits per heavy atom. The maximum Gasteiger partial charge on any atom is 0.276 e. The number of amides is 1. The molecule has 1 amide bonds. The molecule has 3 rings (SSSR count). The Morgan fingerprint density at radius 1 is 1.32 bits per heavy atom. The molecule has 0 fully saturated rings. The van der Waals surface area contributed by atoms with Crippen LogP contribution < -0.4 is 10.6 Å². The van der Waals surface area contributed by atoms with Gasteiger partial charge in [-0.2, -0.15) is 5.10 Å². The summed E-state index contributed by atoms with van der Waals surface area (Å²) in [6.45, 7) is 2.48. The summed E-state index contributed by atoms with van der Waals surface area (Å²) in [7, 11) is 0. The van der Waals surface area contributed by atoms with E-state index in [2.05, 4.69) is 15.7 Å². The van der Waals surface area contributed by atoms with Crippen molar-refractivity contribution in [3.05, 3.63) is 47.8 Å². The normalized spacial score (nSPS) is 13.3. The maximum atomic E-state index is 12.0. The predicted molar refractivity (Wildman–Crippen MR) is 75.6 cm³/mol. The van der Waals surface area contributed by atoms with Crippen molar-refractivity contribution in [2.75, 3.05) is 11.9 Å². The van der Waals surface area contributed by atoms with Crippen LogP contribution in [-0.4, -0.2) is 22.2 Å².